The van der Waals surface area contributed by atoms with Gasteiger partial charge in [-0.2, -0.15) is 0 Å². The number of amides is 3. The molecule has 3 aromatic rings. The lowest BCUT2D eigenvalue weighted by Gasteiger charge is -2.36. The van der Waals surface area contributed by atoms with Gasteiger partial charge in [0, 0.05) is 51.2 Å². The molecule has 1 aromatic carbocycles. The number of piperazine rings is 1. The Kier molecular flexibility index (Phi) is 8.26. The molecule has 0 unspecified atom stereocenters. The van der Waals surface area contributed by atoms with Gasteiger partial charge in [0.25, 0.3) is 5.91 Å². The zero-order valence-electron chi connectivity index (χ0n) is 22.5. The number of nitrogens with zero attached hydrogens (tertiary/aromatic N) is 6. The first-order valence-electron chi connectivity index (χ1n) is 13.4. The lowest BCUT2D eigenvalue weighted by molar-refractivity contribution is -0.143. The average molecular weight is 568 g/mol. The number of imidazole rings is 1. The normalized spacial score (nSPS) is 17.1. The minimum Gasteiger partial charge on any atom is -0.466 e. The number of benzene rings is 1. The summed E-state index contributed by atoms with van der Waals surface area (Å²) in [7, 11) is 0. The van der Waals surface area contributed by atoms with E-state index in [0.717, 1.165) is 0 Å². The van der Waals surface area contributed by atoms with Gasteiger partial charge in [-0.05, 0) is 37.6 Å². The van der Waals surface area contributed by atoms with E-state index in [4.69, 9.17) is 9.47 Å². The van der Waals surface area contributed by atoms with E-state index in [-0.39, 0.29) is 43.7 Å². The Balaban J connectivity index is 1.10. The van der Waals surface area contributed by atoms with Crippen LogP contribution in [0.4, 0.5) is 20.6 Å². The highest BCUT2D eigenvalue weighted by Crippen LogP contribution is 2.29. The number of nitrogens with one attached hydrogen (secondary N) is 1. The van der Waals surface area contributed by atoms with Crippen molar-refractivity contribution in [2.24, 2.45) is 0 Å². The molecule has 216 valence electrons. The van der Waals surface area contributed by atoms with Crippen molar-refractivity contribution in [2.75, 3.05) is 55.7 Å². The molecule has 0 aliphatic carbocycles. The molecule has 0 saturated carbocycles. The second-order valence-electron chi connectivity index (χ2n) is 9.60. The SMILES string of the molecule is CCOC(=O)CC[C@H]1CN(c2ccc(N3CCN(C(=O)CNC(=O)c4cn5cccnc5n4)CC3)c(F)c2)C(=O)O1. The average Bonchev–Trinajstić information content (AvgIpc) is 3.58. The van der Waals surface area contributed by atoms with Gasteiger partial charge in [-0.25, -0.2) is 19.2 Å². The van der Waals surface area contributed by atoms with E-state index < -0.39 is 23.9 Å². The van der Waals surface area contributed by atoms with Gasteiger partial charge in [-0.3, -0.25) is 23.7 Å². The molecule has 1 atom stereocenters. The monoisotopic (exact) mass is 567 g/mol. The largest absolute Gasteiger partial charge is 0.466 e. The maximum Gasteiger partial charge on any atom is 0.414 e. The summed E-state index contributed by atoms with van der Waals surface area (Å²) in [6, 6.07) is 6.25. The van der Waals surface area contributed by atoms with Crippen LogP contribution in [0.3, 0.4) is 0 Å². The quantitative estimate of drug-likeness (QED) is 0.382. The molecule has 3 amide bonds. The van der Waals surface area contributed by atoms with Gasteiger partial charge in [0.1, 0.15) is 17.6 Å². The summed E-state index contributed by atoms with van der Waals surface area (Å²) in [6.07, 6.45) is 4.21. The number of cyclic esters (lactones) is 1. The maximum absolute atomic E-state index is 15.1. The van der Waals surface area contributed by atoms with Crippen molar-refractivity contribution in [1.29, 1.82) is 0 Å². The standard InChI is InChI=1S/C27H30FN7O6/c1-2-40-24(37)7-5-19-16-35(27(39)41-19)18-4-6-22(20(28)14-18)32-10-12-33(13-11-32)23(36)15-30-25(38)21-17-34-9-3-8-29-26(34)31-21/h3-4,6,8-9,14,17,19H,2,5,7,10-13,15-16H2,1H3,(H,30,38)/t19-/m0/s1. The number of fused-ring (bicyclic) bond motifs is 1. The summed E-state index contributed by atoms with van der Waals surface area (Å²) in [6.45, 7) is 3.54. The van der Waals surface area contributed by atoms with Crippen molar-refractivity contribution < 1.29 is 33.0 Å². The molecule has 2 aliphatic rings. The molecule has 41 heavy (non-hydrogen) atoms. The molecule has 0 bridgehead atoms. The summed E-state index contributed by atoms with van der Waals surface area (Å²) in [5.41, 5.74) is 0.886. The van der Waals surface area contributed by atoms with Crippen molar-refractivity contribution in [3.63, 3.8) is 0 Å². The number of carbonyl (C=O) groups excluding carboxylic acids is 4. The van der Waals surface area contributed by atoms with Crippen LogP contribution in [0.25, 0.3) is 5.78 Å². The third kappa shape index (κ3) is 6.36. The fourth-order valence-electron chi connectivity index (χ4n) is 4.81. The van der Waals surface area contributed by atoms with Crippen molar-refractivity contribution in [2.45, 2.75) is 25.9 Å². The first-order chi connectivity index (χ1) is 19.8. The number of ether oxygens (including phenoxy) is 2. The van der Waals surface area contributed by atoms with Gasteiger partial charge in [-0.15, -0.1) is 0 Å². The summed E-state index contributed by atoms with van der Waals surface area (Å²) < 4.78 is 27.0. The van der Waals surface area contributed by atoms with E-state index in [0.29, 0.717) is 49.8 Å². The summed E-state index contributed by atoms with van der Waals surface area (Å²) in [5.74, 6) is -1.20. The van der Waals surface area contributed by atoms with Crippen LogP contribution in [0.2, 0.25) is 0 Å². The molecule has 1 N–H and O–H groups in total. The highest BCUT2D eigenvalue weighted by atomic mass is 19.1. The van der Waals surface area contributed by atoms with E-state index in [1.807, 2.05) is 4.90 Å². The number of hydrogen-bond acceptors (Lipinski definition) is 9. The maximum atomic E-state index is 15.1. The lowest BCUT2D eigenvalue weighted by atomic mass is 10.1. The van der Waals surface area contributed by atoms with E-state index in [2.05, 4.69) is 15.3 Å². The van der Waals surface area contributed by atoms with Crippen molar-refractivity contribution in [1.82, 2.24) is 24.6 Å². The zero-order valence-corrected chi connectivity index (χ0v) is 22.5. The third-order valence-corrected chi connectivity index (χ3v) is 6.93. The molecule has 0 radical (unpaired) electrons. The highest BCUT2D eigenvalue weighted by molar-refractivity contribution is 5.95. The summed E-state index contributed by atoms with van der Waals surface area (Å²) >= 11 is 0. The Bertz CT molecular complexity index is 1420. The predicted octanol–water partition coefficient (Wildman–Crippen LogP) is 1.62. The molecule has 13 nitrogen and oxygen atoms in total. The van der Waals surface area contributed by atoms with Crippen molar-refractivity contribution in [3.05, 3.63) is 54.4 Å². The van der Waals surface area contributed by atoms with Crippen molar-refractivity contribution >= 4 is 41.0 Å². The molecule has 4 heterocycles. The molecule has 2 aromatic heterocycles. The fraction of sp³-hybridized carbons (Fsp3) is 0.407. The van der Waals surface area contributed by atoms with Crippen LogP contribution >= 0.6 is 0 Å². The molecule has 14 heteroatoms. The van der Waals surface area contributed by atoms with E-state index in [1.165, 1.54) is 17.2 Å². The Hall–Kier alpha value is -4.75. The molecule has 2 saturated heterocycles. The van der Waals surface area contributed by atoms with E-state index >= 15 is 4.39 Å². The Labute approximate surface area is 234 Å². The molecule has 2 fully saturated rings. The zero-order chi connectivity index (χ0) is 28.9. The topological polar surface area (TPSA) is 139 Å². The first kappa shape index (κ1) is 27.8. The van der Waals surface area contributed by atoms with Crippen LogP contribution in [0, 0.1) is 5.82 Å². The van der Waals surface area contributed by atoms with Crippen LogP contribution < -0.4 is 15.1 Å². The number of halogens is 1. The van der Waals surface area contributed by atoms with Gasteiger partial charge in [0.05, 0.1) is 31.1 Å². The number of hydrogen-bond donors (Lipinski definition) is 1. The first-order valence-corrected chi connectivity index (χ1v) is 13.4. The van der Waals surface area contributed by atoms with Crippen LogP contribution in [0.15, 0.2) is 42.9 Å². The minimum absolute atomic E-state index is 0.132. The number of aromatic nitrogens is 3. The smallest absolute Gasteiger partial charge is 0.414 e. The predicted molar refractivity (Wildman–Crippen MR) is 144 cm³/mol. The summed E-state index contributed by atoms with van der Waals surface area (Å²) in [4.78, 5) is 62.1. The molecule has 2 aliphatic heterocycles. The van der Waals surface area contributed by atoms with Gasteiger partial charge in [0.2, 0.25) is 11.7 Å². The molecular formula is C27H30FN7O6. The molecule has 5 rings (SSSR count). The lowest BCUT2D eigenvalue weighted by Crippen LogP contribution is -2.51. The molecular weight excluding hydrogens is 537 g/mol. The van der Waals surface area contributed by atoms with Gasteiger partial charge >= 0.3 is 12.1 Å². The van der Waals surface area contributed by atoms with Crippen LogP contribution in [-0.2, 0) is 19.1 Å². The van der Waals surface area contributed by atoms with Gasteiger partial charge < -0.3 is 24.6 Å². The Morgan fingerprint density at radius 1 is 1.20 bits per heavy atom. The second-order valence-corrected chi connectivity index (χ2v) is 9.60. The van der Waals surface area contributed by atoms with Crippen molar-refractivity contribution in [3.8, 4) is 0 Å². The van der Waals surface area contributed by atoms with E-state index in [9.17, 15) is 19.2 Å². The van der Waals surface area contributed by atoms with Crippen LogP contribution in [-0.4, -0.2) is 95.1 Å². The number of rotatable bonds is 9. The van der Waals surface area contributed by atoms with Gasteiger partial charge in [0.15, 0.2) is 0 Å². The Morgan fingerprint density at radius 3 is 2.73 bits per heavy atom. The fourth-order valence-corrected chi connectivity index (χ4v) is 4.81. The highest BCUT2D eigenvalue weighted by Gasteiger charge is 2.33. The number of esters is 1. The van der Waals surface area contributed by atoms with Gasteiger partial charge in [-0.1, -0.05) is 0 Å². The molecule has 0 spiro atoms. The van der Waals surface area contributed by atoms with Crippen LogP contribution in [0.1, 0.15) is 30.3 Å². The number of anilines is 2. The second kappa shape index (κ2) is 12.2. The Morgan fingerprint density at radius 2 is 2.00 bits per heavy atom. The minimum atomic E-state index is -0.594. The third-order valence-electron chi connectivity index (χ3n) is 6.93. The number of carbonyl (C=O) groups is 4. The van der Waals surface area contributed by atoms with E-state index in [1.54, 1.807) is 46.8 Å². The summed E-state index contributed by atoms with van der Waals surface area (Å²) in [5, 5.41) is 2.59. The van der Waals surface area contributed by atoms with Crippen LogP contribution in [0.5, 0.6) is 0 Å².